The molecule has 1 aliphatic rings. The third kappa shape index (κ3) is 2.93. The Morgan fingerprint density at radius 2 is 2.17 bits per heavy atom. The number of nitrogens with zero attached hydrogens (tertiary/aromatic N) is 1. The molecule has 0 saturated heterocycles. The zero-order chi connectivity index (χ0) is 13.2. The van der Waals surface area contributed by atoms with Gasteiger partial charge in [-0.2, -0.15) is 0 Å². The van der Waals surface area contributed by atoms with Crippen molar-refractivity contribution < 1.29 is 8.42 Å². The fourth-order valence-corrected chi connectivity index (χ4v) is 2.77. The molecular formula is C12H21N3O2S. The van der Waals surface area contributed by atoms with Crippen molar-refractivity contribution in [2.45, 2.75) is 43.7 Å². The first-order valence-electron chi connectivity index (χ1n) is 6.43. The summed E-state index contributed by atoms with van der Waals surface area (Å²) < 4.78 is 28.1. The van der Waals surface area contributed by atoms with E-state index < -0.39 is 10.0 Å². The quantitative estimate of drug-likeness (QED) is 0.733. The Hall–Kier alpha value is -0.850. The van der Waals surface area contributed by atoms with Crippen LogP contribution in [0.4, 0.5) is 0 Å². The van der Waals surface area contributed by atoms with Gasteiger partial charge >= 0.3 is 0 Å². The molecule has 1 aromatic rings. The van der Waals surface area contributed by atoms with Crippen molar-refractivity contribution in [2.24, 2.45) is 0 Å². The Morgan fingerprint density at radius 3 is 2.72 bits per heavy atom. The normalized spacial score (nSPS) is 16.1. The van der Waals surface area contributed by atoms with Crippen LogP contribution < -0.4 is 10.0 Å². The van der Waals surface area contributed by atoms with Crippen LogP contribution in [0, 0.1) is 0 Å². The largest absolute Gasteiger partial charge is 0.346 e. The van der Waals surface area contributed by atoms with Crippen molar-refractivity contribution in [2.75, 3.05) is 13.6 Å². The van der Waals surface area contributed by atoms with E-state index in [-0.39, 0.29) is 0 Å². The molecule has 1 heterocycles. The minimum Gasteiger partial charge on any atom is -0.346 e. The lowest BCUT2D eigenvalue weighted by atomic mass is 10.4. The lowest BCUT2D eigenvalue weighted by Gasteiger charge is -2.07. The number of hydrogen-bond donors (Lipinski definition) is 2. The molecule has 1 aliphatic carbocycles. The third-order valence-corrected chi connectivity index (χ3v) is 4.54. The highest BCUT2D eigenvalue weighted by molar-refractivity contribution is 7.89. The third-order valence-electron chi connectivity index (χ3n) is 3.16. The van der Waals surface area contributed by atoms with Crippen molar-refractivity contribution >= 4 is 10.0 Å². The van der Waals surface area contributed by atoms with Gasteiger partial charge in [-0.25, -0.2) is 13.1 Å². The summed E-state index contributed by atoms with van der Waals surface area (Å²) in [6.45, 7) is 3.79. The maximum Gasteiger partial charge on any atom is 0.241 e. The van der Waals surface area contributed by atoms with E-state index in [0.29, 0.717) is 10.9 Å². The molecule has 102 valence electrons. The van der Waals surface area contributed by atoms with E-state index in [4.69, 9.17) is 0 Å². The Kier molecular flexibility index (Phi) is 4.09. The first-order chi connectivity index (χ1) is 8.58. The summed E-state index contributed by atoms with van der Waals surface area (Å²) in [7, 11) is -1.89. The van der Waals surface area contributed by atoms with Crippen molar-refractivity contribution in [1.29, 1.82) is 0 Å². The molecule has 2 N–H and O–H groups in total. The highest BCUT2D eigenvalue weighted by Gasteiger charge is 2.27. The predicted octanol–water partition coefficient (Wildman–Crippen LogP) is 1.23. The van der Waals surface area contributed by atoms with Gasteiger partial charge in [0.25, 0.3) is 0 Å². The lowest BCUT2D eigenvalue weighted by molar-refractivity contribution is 0.587. The Balaban J connectivity index is 2.21. The topological polar surface area (TPSA) is 63.1 Å². The zero-order valence-corrected chi connectivity index (χ0v) is 11.8. The van der Waals surface area contributed by atoms with Gasteiger partial charge in [0.2, 0.25) is 10.0 Å². The molecule has 0 bridgehead atoms. The van der Waals surface area contributed by atoms with Crippen molar-refractivity contribution in [3.8, 4) is 0 Å². The molecule has 0 aromatic carbocycles. The summed E-state index contributed by atoms with van der Waals surface area (Å²) >= 11 is 0. The van der Waals surface area contributed by atoms with E-state index >= 15 is 0 Å². The molecule has 1 fully saturated rings. The van der Waals surface area contributed by atoms with Gasteiger partial charge in [0.15, 0.2) is 0 Å². The molecule has 6 heteroatoms. The van der Waals surface area contributed by atoms with Gasteiger partial charge in [-0.05, 0) is 38.9 Å². The maximum absolute atomic E-state index is 11.8. The van der Waals surface area contributed by atoms with Crippen LogP contribution in [0.25, 0.3) is 0 Å². The van der Waals surface area contributed by atoms with Crippen LogP contribution in [0.5, 0.6) is 0 Å². The van der Waals surface area contributed by atoms with E-state index in [9.17, 15) is 8.42 Å². The second kappa shape index (κ2) is 5.42. The van der Waals surface area contributed by atoms with Crippen molar-refractivity contribution in [3.63, 3.8) is 0 Å². The molecule has 0 aliphatic heterocycles. The second-order valence-corrected chi connectivity index (χ2v) is 6.58. The first kappa shape index (κ1) is 13.6. The van der Waals surface area contributed by atoms with Crippen LogP contribution in [-0.2, 0) is 16.6 Å². The first-order valence-corrected chi connectivity index (χ1v) is 7.92. The summed E-state index contributed by atoms with van der Waals surface area (Å²) in [4.78, 5) is 0.366. The van der Waals surface area contributed by atoms with Gasteiger partial charge in [-0.3, -0.25) is 0 Å². The van der Waals surface area contributed by atoms with E-state index in [2.05, 4.69) is 21.5 Å². The summed E-state index contributed by atoms with van der Waals surface area (Å²) in [5, 5.41) is 3.32. The SMILES string of the molecule is CCCNCc1cc(S(=O)(=O)NC)cn1C1CC1. The van der Waals surface area contributed by atoms with Gasteiger partial charge in [-0.15, -0.1) is 0 Å². The molecule has 1 aromatic heterocycles. The molecule has 0 atom stereocenters. The molecular weight excluding hydrogens is 250 g/mol. The van der Waals surface area contributed by atoms with Crippen LogP contribution in [0.3, 0.4) is 0 Å². The molecule has 2 rings (SSSR count). The van der Waals surface area contributed by atoms with Gasteiger partial charge in [0, 0.05) is 24.5 Å². The number of sulfonamides is 1. The van der Waals surface area contributed by atoms with Crippen molar-refractivity contribution in [3.05, 3.63) is 18.0 Å². The van der Waals surface area contributed by atoms with Gasteiger partial charge < -0.3 is 9.88 Å². The second-order valence-electron chi connectivity index (χ2n) is 4.69. The molecule has 0 unspecified atom stereocenters. The molecule has 18 heavy (non-hydrogen) atoms. The Bertz CT molecular complexity index is 503. The lowest BCUT2D eigenvalue weighted by Crippen LogP contribution is -2.18. The maximum atomic E-state index is 11.8. The summed E-state index contributed by atoms with van der Waals surface area (Å²) in [6.07, 6.45) is 5.13. The fraction of sp³-hybridized carbons (Fsp3) is 0.667. The van der Waals surface area contributed by atoms with E-state index in [1.54, 1.807) is 12.3 Å². The van der Waals surface area contributed by atoms with Crippen LogP contribution in [0.1, 0.15) is 37.9 Å². The monoisotopic (exact) mass is 271 g/mol. The number of rotatable bonds is 7. The number of nitrogens with one attached hydrogen (secondary N) is 2. The van der Waals surface area contributed by atoms with Crippen molar-refractivity contribution in [1.82, 2.24) is 14.6 Å². The fourth-order valence-electron chi connectivity index (χ4n) is 1.99. The summed E-state index contributed by atoms with van der Waals surface area (Å²) in [6, 6.07) is 2.26. The predicted molar refractivity (Wildman–Crippen MR) is 70.9 cm³/mol. The molecule has 0 radical (unpaired) electrons. The van der Waals surface area contributed by atoms with E-state index in [0.717, 1.165) is 38.0 Å². The van der Waals surface area contributed by atoms with Crippen LogP contribution in [0.2, 0.25) is 0 Å². The number of aromatic nitrogens is 1. The van der Waals surface area contributed by atoms with Gasteiger partial charge in [0.05, 0.1) is 4.90 Å². The highest BCUT2D eigenvalue weighted by Crippen LogP contribution is 2.37. The molecule has 0 amide bonds. The summed E-state index contributed by atoms with van der Waals surface area (Å²) in [5.41, 5.74) is 1.06. The average Bonchev–Trinajstić information content (AvgIpc) is 3.10. The smallest absolute Gasteiger partial charge is 0.241 e. The minimum absolute atomic E-state index is 0.366. The van der Waals surface area contributed by atoms with Crippen LogP contribution >= 0.6 is 0 Å². The zero-order valence-electron chi connectivity index (χ0n) is 10.9. The standard InChI is InChI=1S/C12H21N3O2S/c1-3-6-14-8-11-7-12(18(16,17)13-2)9-15(11)10-4-5-10/h7,9-10,13-14H,3-6,8H2,1-2H3. The van der Waals surface area contributed by atoms with Gasteiger partial charge in [-0.1, -0.05) is 6.92 Å². The van der Waals surface area contributed by atoms with Crippen LogP contribution in [0.15, 0.2) is 17.2 Å². The average molecular weight is 271 g/mol. The van der Waals surface area contributed by atoms with E-state index in [1.807, 2.05) is 0 Å². The molecule has 5 nitrogen and oxygen atoms in total. The van der Waals surface area contributed by atoms with Gasteiger partial charge in [0.1, 0.15) is 0 Å². The van der Waals surface area contributed by atoms with E-state index in [1.165, 1.54) is 7.05 Å². The summed E-state index contributed by atoms with van der Waals surface area (Å²) in [5.74, 6) is 0. The minimum atomic E-state index is -3.33. The Labute approximate surface area is 109 Å². The highest BCUT2D eigenvalue weighted by atomic mass is 32.2. The van der Waals surface area contributed by atoms with Crippen LogP contribution in [-0.4, -0.2) is 26.6 Å². The molecule has 1 saturated carbocycles. The Morgan fingerprint density at radius 1 is 1.44 bits per heavy atom. The number of hydrogen-bond acceptors (Lipinski definition) is 3. The molecule has 0 spiro atoms.